The van der Waals surface area contributed by atoms with Gasteiger partial charge in [0.15, 0.2) is 7.41 Å². The highest BCUT2D eigenvalue weighted by Gasteiger charge is 1.88. The summed E-state index contributed by atoms with van der Waals surface area (Å²) in [5.74, 6) is 0. The Morgan fingerprint density at radius 1 is 1.67 bits per heavy atom. The van der Waals surface area contributed by atoms with Gasteiger partial charge in [0.2, 0.25) is 0 Å². The van der Waals surface area contributed by atoms with Gasteiger partial charge >= 0.3 is 0 Å². The third-order valence-corrected chi connectivity index (χ3v) is 0.359. The molecule has 0 aromatic heterocycles. The van der Waals surface area contributed by atoms with E-state index in [4.69, 9.17) is 15.5 Å². The lowest BCUT2D eigenvalue weighted by Gasteiger charge is -1.97. The summed E-state index contributed by atoms with van der Waals surface area (Å²) >= 11 is 0. The van der Waals surface area contributed by atoms with Gasteiger partial charge in [0, 0.05) is 15.5 Å². The van der Waals surface area contributed by atoms with E-state index in [1.807, 2.05) is 6.82 Å². The van der Waals surface area contributed by atoms with Crippen molar-refractivity contribution in [3.63, 3.8) is 0 Å². The van der Waals surface area contributed by atoms with Crippen molar-refractivity contribution in [2.24, 2.45) is 0 Å². The molecular formula is CH4B4N. The second kappa shape index (κ2) is 3.41. The predicted octanol–water partition coefficient (Wildman–Crippen LogP) is -1.43. The fourth-order valence-corrected chi connectivity index (χ4v) is 0.192. The van der Waals surface area contributed by atoms with Gasteiger partial charge in [0.05, 0.1) is 0 Å². The van der Waals surface area contributed by atoms with Gasteiger partial charge in [-0.3, -0.25) is 0 Å². The largest absolute Gasteiger partial charge is 0.416 e. The van der Waals surface area contributed by atoms with Gasteiger partial charge in [-0.25, -0.2) is 0 Å². The summed E-state index contributed by atoms with van der Waals surface area (Å²) in [7, 11) is 11.8. The fourth-order valence-electron chi connectivity index (χ4n) is 0.192. The lowest BCUT2D eigenvalue weighted by molar-refractivity contribution is 1.59. The average molecular weight is 73.3 g/mol. The van der Waals surface area contributed by atoms with Crippen molar-refractivity contribution in [2.45, 2.75) is 6.82 Å². The smallest absolute Gasteiger partial charge is 0.188 e. The van der Waals surface area contributed by atoms with Crippen LogP contribution in [0.2, 0.25) is 6.82 Å². The van der Waals surface area contributed by atoms with Crippen LogP contribution >= 0.6 is 0 Å². The lowest BCUT2D eigenvalue weighted by atomic mass is 9.26. The van der Waals surface area contributed by atoms with E-state index >= 15 is 0 Å². The molecule has 0 spiro atoms. The molecule has 0 fully saturated rings. The first kappa shape index (κ1) is 6.22. The molecule has 0 rings (SSSR count). The third-order valence-electron chi connectivity index (χ3n) is 0.359. The SMILES string of the molecule is [B]B([B])N[B]C. The van der Waals surface area contributed by atoms with Crippen molar-refractivity contribution in [2.75, 3.05) is 0 Å². The fraction of sp³-hybridized carbons (Fsp3) is 1.00. The van der Waals surface area contributed by atoms with Crippen LogP contribution in [0.4, 0.5) is 0 Å². The van der Waals surface area contributed by atoms with Crippen LogP contribution in [-0.4, -0.2) is 29.5 Å². The Morgan fingerprint density at radius 3 is 2.17 bits per heavy atom. The van der Waals surface area contributed by atoms with Gasteiger partial charge in [-0.2, -0.15) is 0 Å². The van der Waals surface area contributed by atoms with E-state index in [9.17, 15) is 0 Å². The summed E-state index contributed by atoms with van der Waals surface area (Å²) in [6.07, 6.45) is 0. The summed E-state index contributed by atoms with van der Waals surface area (Å²) in [5, 5.41) is 2.64. The number of nitrogens with one attached hydrogen (secondary N) is 1. The molecule has 0 aromatic carbocycles. The molecular weight excluding hydrogens is 69.3 g/mol. The minimum atomic E-state index is -0.407. The normalized spacial score (nSPS) is 7.50. The van der Waals surface area contributed by atoms with Gasteiger partial charge in [0.25, 0.3) is 0 Å². The van der Waals surface area contributed by atoms with Gasteiger partial charge < -0.3 is 5.14 Å². The van der Waals surface area contributed by atoms with Gasteiger partial charge in [-0.1, -0.05) is 6.82 Å². The molecule has 5 heteroatoms. The monoisotopic (exact) mass is 74.1 g/mol. The molecule has 0 saturated heterocycles. The molecule has 0 aliphatic rings. The van der Waals surface area contributed by atoms with Crippen LogP contribution in [0.25, 0.3) is 0 Å². The maximum absolute atomic E-state index is 5.04. The highest BCUT2D eigenvalue weighted by Crippen LogP contribution is 1.49. The molecule has 0 aliphatic heterocycles. The van der Waals surface area contributed by atoms with Crippen molar-refractivity contribution in [3.05, 3.63) is 0 Å². The molecule has 0 heterocycles. The van der Waals surface area contributed by atoms with Gasteiger partial charge in [-0.05, 0) is 0 Å². The molecule has 6 heavy (non-hydrogen) atoms. The van der Waals surface area contributed by atoms with Crippen LogP contribution in [0.5, 0.6) is 0 Å². The molecule has 0 saturated carbocycles. The summed E-state index contributed by atoms with van der Waals surface area (Å²) in [6, 6.07) is 0. The number of rotatable bonds is 2. The molecule has 5 radical (unpaired) electrons. The molecule has 0 bridgehead atoms. The maximum Gasteiger partial charge on any atom is 0.188 e. The van der Waals surface area contributed by atoms with Crippen molar-refractivity contribution >= 4 is 29.5 Å². The summed E-state index contributed by atoms with van der Waals surface area (Å²) in [4.78, 5) is 0. The molecule has 0 atom stereocenters. The minimum Gasteiger partial charge on any atom is -0.416 e. The van der Waals surface area contributed by atoms with E-state index in [0.717, 1.165) is 0 Å². The summed E-state index contributed by atoms with van der Waals surface area (Å²) in [5.41, 5.74) is 0. The van der Waals surface area contributed by atoms with Crippen molar-refractivity contribution in [1.82, 2.24) is 5.14 Å². The second-order valence-corrected chi connectivity index (χ2v) is 0.981. The molecule has 0 amide bonds. The standard InChI is InChI=1S/CH4B4N/c1-4-6-5(2)3/h6H,1H3. The van der Waals surface area contributed by atoms with E-state index in [0.29, 0.717) is 0 Å². The first-order chi connectivity index (χ1) is 2.77. The molecule has 1 nitrogen and oxygen atoms in total. The third kappa shape index (κ3) is 4.22. The Kier molecular flexibility index (Phi) is 3.54. The highest BCUT2D eigenvalue weighted by molar-refractivity contribution is 7.29. The van der Waals surface area contributed by atoms with Crippen LogP contribution in [0, 0.1) is 0 Å². The zero-order valence-electron chi connectivity index (χ0n) is 3.81. The zero-order chi connectivity index (χ0) is 4.99. The number of hydrogen-bond acceptors (Lipinski definition) is 1. The Hall–Kier alpha value is 0.220. The van der Waals surface area contributed by atoms with E-state index in [-0.39, 0.29) is 0 Å². The van der Waals surface area contributed by atoms with Crippen LogP contribution in [0.3, 0.4) is 0 Å². The molecule has 0 aromatic rings. The minimum absolute atomic E-state index is 0.407. The van der Waals surface area contributed by atoms with E-state index in [2.05, 4.69) is 5.14 Å². The molecule has 25 valence electrons. The lowest BCUT2D eigenvalue weighted by Crippen LogP contribution is -2.36. The molecule has 0 aliphatic carbocycles. The van der Waals surface area contributed by atoms with Crippen LogP contribution in [0.1, 0.15) is 0 Å². The quantitative estimate of drug-likeness (QED) is 0.395. The Bertz CT molecular complexity index is 28.7. The molecule has 1 N–H and O–H groups in total. The van der Waals surface area contributed by atoms with Crippen molar-refractivity contribution in [1.29, 1.82) is 0 Å². The van der Waals surface area contributed by atoms with Crippen molar-refractivity contribution in [3.8, 4) is 0 Å². The van der Waals surface area contributed by atoms with E-state index in [1.54, 1.807) is 7.41 Å². The summed E-state index contributed by atoms with van der Waals surface area (Å²) < 4.78 is 0. The van der Waals surface area contributed by atoms with Crippen LogP contribution in [-0.2, 0) is 0 Å². The topological polar surface area (TPSA) is 12.0 Å². The first-order valence-corrected chi connectivity index (χ1v) is 1.82. The average Bonchev–Trinajstić information content (AvgIpc) is 1.35. The maximum atomic E-state index is 5.04. The summed E-state index contributed by atoms with van der Waals surface area (Å²) in [6.45, 7) is 1.42. The number of hydrogen-bond donors (Lipinski definition) is 1. The Labute approximate surface area is 42.4 Å². The second-order valence-electron chi connectivity index (χ2n) is 0.981. The van der Waals surface area contributed by atoms with Gasteiger partial charge in [0.1, 0.15) is 6.63 Å². The molecule has 0 unspecified atom stereocenters. The Balaban J connectivity index is 2.63. The van der Waals surface area contributed by atoms with Crippen molar-refractivity contribution < 1.29 is 0 Å². The van der Waals surface area contributed by atoms with E-state index in [1.165, 1.54) is 0 Å². The highest BCUT2D eigenvalue weighted by atomic mass is 14.6. The predicted molar refractivity (Wildman–Crippen MR) is 32.0 cm³/mol. The van der Waals surface area contributed by atoms with Crippen LogP contribution in [0.15, 0.2) is 0 Å². The van der Waals surface area contributed by atoms with Gasteiger partial charge in [-0.15, -0.1) is 0 Å². The first-order valence-electron chi connectivity index (χ1n) is 1.82. The zero-order valence-corrected chi connectivity index (χ0v) is 3.81. The van der Waals surface area contributed by atoms with E-state index < -0.39 is 6.63 Å². The van der Waals surface area contributed by atoms with Crippen LogP contribution < -0.4 is 5.14 Å². The Morgan fingerprint density at radius 2 is 2.17 bits per heavy atom.